The molecular formula is C54H41NO. The van der Waals surface area contributed by atoms with Gasteiger partial charge in [0.15, 0.2) is 0 Å². The zero-order valence-corrected chi connectivity index (χ0v) is 32.1. The maximum absolute atomic E-state index is 6.63. The average molecular weight is 720 g/mol. The molecule has 0 bridgehead atoms. The van der Waals surface area contributed by atoms with E-state index in [0.717, 1.165) is 39.0 Å². The molecule has 0 atom stereocenters. The lowest BCUT2D eigenvalue weighted by Gasteiger charge is -2.30. The van der Waals surface area contributed by atoms with Gasteiger partial charge in [-0.05, 0) is 115 Å². The highest BCUT2D eigenvalue weighted by atomic mass is 16.3. The van der Waals surface area contributed by atoms with E-state index in [9.17, 15) is 0 Å². The Morgan fingerprint density at radius 2 is 0.982 bits per heavy atom. The van der Waals surface area contributed by atoms with Crippen molar-refractivity contribution in [3.05, 3.63) is 198 Å². The summed E-state index contributed by atoms with van der Waals surface area (Å²) >= 11 is 0. The standard InChI is InChI=1S/C54H41NO/c1-53(2)44-21-12-11-19-40(44)41-28-26-37(32-46(41)53)55(48-23-14-24-50-52(48)43-31-36(25-30-49(43)56-50)34-15-7-5-8-16-34)38-27-29-42-47(33-38)54(3,4)45-22-13-20-39(51(42)45)35-17-9-6-10-18-35/h5-33H,1-4H3. The van der Waals surface area contributed by atoms with E-state index in [1.165, 1.54) is 66.8 Å². The molecule has 0 spiro atoms. The van der Waals surface area contributed by atoms with Gasteiger partial charge in [0.25, 0.3) is 0 Å². The van der Waals surface area contributed by atoms with Gasteiger partial charge in [-0.25, -0.2) is 0 Å². The average Bonchev–Trinajstić information content (AvgIpc) is 3.81. The van der Waals surface area contributed by atoms with Crippen LogP contribution in [0.5, 0.6) is 0 Å². The van der Waals surface area contributed by atoms with Crippen molar-refractivity contribution in [1.29, 1.82) is 0 Å². The highest BCUT2D eigenvalue weighted by Crippen LogP contribution is 2.55. The molecule has 0 saturated carbocycles. The molecule has 1 heterocycles. The second-order valence-corrected chi connectivity index (χ2v) is 16.5. The van der Waals surface area contributed by atoms with Crippen LogP contribution in [-0.2, 0) is 10.8 Å². The van der Waals surface area contributed by atoms with Gasteiger partial charge in [0, 0.05) is 27.6 Å². The Balaban J connectivity index is 1.16. The topological polar surface area (TPSA) is 16.4 Å². The Morgan fingerprint density at radius 3 is 1.75 bits per heavy atom. The summed E-state index contributed by atoms with van der Waals surface area (Å²) in [6.07, 6.45) is 0. The first-order chi connectivity index (χ1) is 27.3. The van der Waals surface area contributed by atoms with Gasteiger partial charge in [0.2, 0.25) is 0 Å². The van der Waals surface area contributed by atoms with Crippen LogP contribution in [-0.4, -0.2) is 0 Å². The summed E-state index contributed by atoms with van der Waals surface area (Å²) < 4.78 is 6.63. The summed E-state index contributed by atoms with van der Waals surface area (Å²) in [5.41, 5.74) is 20.4. The molecule has 8 aromatic carbocycles. The third kappa shape index (κ3) is 4.69. The SMILES string of the molecule is CC1(C)c2ccccc2-c2ccc(N(c3ccc4c(c3)C(C)(C)c3cccc(-c5ccccc5)c3-4)c3cccc4oc5ccc(-c6ccccc6)cc5c34)cc21. The zero-order valence-electron chi connectivity index (χ0n) is 32.1. The van der Waals surface area contributed by atoms with E-state index in [4.69, 9.17) is 4.42 Å². The van der Waals surface area contributed by atoms with Crippen molar-refractivity contribution in [1.82, 2.24) is 0 Å². The number of hydrogen-bond acceptors (Lipinski definition) is 2. The van der Waals surface area contributed by atoms with Crippen molar-refractivity contribution >= 4 is 39.0 Å². The molecule has 0 amide bonds. The smallest absolute Gasteiger partial charge is 0.137 e. The number of hydrogen-bond donors (Lipinski definition) is 0. The van der Waals surface area contributed by atoms with E-state index < -0.39 is 0 Å². The van der Waals surface area contributed by atoms with Gasteiger partial charge in [-0.2, -0.15) is 0 Å². The molecule has 56 heavy (non-hydrogen) atoms. The number of rotatable bonds is 5. The molecule has 9 aromatic rings. The summed E-state index contributed by atoms with van der Waals surface area (Å²) in [5, 5.41) is 2.22. The van der Waals surface area contributed by atoms with Crippen molar-refractivity contribution in [3.8, 4) is 44.5 Å². The lowest BCUT2D eigenvalue weighted by atomic mass is 9.81. The van der Waals surface area contributed by atoms with Gasteiger partial charge in [0.1, 0.15) is 11.2 Å². The molecule has 2 heteroatoms. The normalized spacial score (nSPS) is 14.4. The largest absolute Gasteiger partial charge is 0.456 e. The van der Waals surface area contributed by atoms with Crippen LogP contribution in [0.1, 0.15) is 49.9 Å². The van der Waals surface area contributed by atoms with Crippen LogP contribution in [0.4, 0.5) is 17.1 Å². The Labute approximate surface area is 328 Å². The molecule has 268 valence electrons. The Hall–Kier alpha value is -6.64. The van der Waals surface area contributed by atoms with Crippen molar-refractivity contribution in [2.75, 3.05) is 4.90 Å². The molecule has 2 aliphatic carbocycles. The van der Waals surface area contributed by atoms with Crippen LogP contribution in [0, 0.1) is 0 Å². The monoisotopic (exact) mass is 719 g/mol. The second kappa shape index (κ2) is 11.9. The number of anilines is 3. The predicted octanol–water partition coefficient (Wildman–Crippen LogP) is 15.0. The van der Waals surface area contributed by atoms with Crippen LogP contribution in [0.2, 0.25) is 0 Å². The number of benzene rings is 8. The maximum Gasteiger partial charge on any atom is 0.137 e. The van der Waals surface area contributed by atoms with Crippen molar-refractivity contribution in [3.63, 3.8) is 0 Å². The van der Waals surface area contributed by atoms with Crippen LogP contribution in [0.15, 0.2) is 180 Å². The highest BCUT2D eigenvalue weighted by Gasteiger charge is 2.39. The molecule has 11 rings (SSSR count). The second-order valence-electron chi connectivity index (χ2n) is 16.5. The van der Waals surface area contributed by atoms with E-state index in [2.05, 4.69) is 209 Å². The Morgan fingerprint density at radius 1 is 0.393 bits per heavy atom. The predicted molar refractivity (Wildman–Crippen MR) is 234 cm³/mol. The summed E-state index contributed by atoms with van der Waals surface area (Å²) in [4.78, 5) is 2.48. The van der Waals surface area contributed by atoms with E-state index in [-0.39, 0.29) is 10.8 Å². The first-order valence-electron chi connectivity index (χ1n) is 19.7. The highest BCUT2D eigenvalue weighted by molar-refractivity contribution is 6.14. The fraction of sp³-hybridized carbons (Fsp3) is 0.111. The summed E-state index contributed by atoms with van der Waals surface area (Å²) in [6, 6.07) is 64.5. The molecular weight excluding hydrogens is 679 g/mol. The lowest BCUT2D eigenvalue weighted by molar-refractivity contribution is 0.660. The molecule has 0 aliphatic heterocycles. The fourth-order valence-corrected chi connectivity index (χ4v) is 9.84. The van der Waals surface area contributed by atoms with Crippen LogP contribution < -0.4 is 4.90 Å². The van der Waals surface area contributed by atoms with Crippen LogP contribution >= 0.6 is 0 Å². The van der Waals surface area contributed by atoms with Gasteiger partial charge >= 0.3 is 0 Å². The minimum atomic E-state index is -0.197. The Kier molecular flexibility index (Phi) is 6.98. The van der Waals surface area contributed by atoms with Gasteiger partial charge in [-0.15, -0.1) is 0 Å². The lowest BCUT2D eigenvalue weighted by Crippen LogP contribution is -2.18. The Bertz CT molecular complexity index is 3020. The molecule has 0 radical (unpaired) electrons. The van der Waals surface area contributed by atoms with E-state index in [0.29, 0.717) is 0 Å². The number of nitrogens with zero attached hydrogens (tertiary/aromatic N) is 1. The summed E-state index contributed by atoms with van der Waals surface area (Å²) in [5.74, 6) is 0. The van der Waals surface area contributed by atoms with Crippen LogP contribution in [0.3, 0.4) is 0 Å². The quantitative estimate of drug-likeness (QED) is 0.176. The minimum absolute atomic E-state index is 0.137. The van der Waals surface area contributed by atoms with Gasteiger partial charge < -0.3 is 9.32 Å². The number of fused-ring (bicyclic) bond motifs is 9. The van der Waals surface area contributed by atoms with Crippen molar-refractivity contribution in [2.24, 2.45) is 0 Å². The third-order valence-corrected chi connectivity index (χ3v) is 12.7. The number of furan rings is 1. The first-order valence-corrected chi connectivity index (χ1v) is 19.7. The third-order valence-electron chi connectivity index (χ3n) is 12.7. The maximum atomic E-state index is 6.63. The van der Waals surface area contributed by atoms with Gasteiger partial charge in [0.05, 0.1) is 11.1 Å². The zero-order chi connectivity index (χ0) is 37.8. The van der Waals surface area contributed by atoms with E-state index in [1.54, 1.807) is 0 Å². The van der Waals surface area contributed by atoms with Crippen molar-refractivity contribution < 1.29 is 4.42 Å². The summed E-state index contributed by atoms with van der Waals surface area (Å²) in [7, 11) is 0. The molecule has 0 unspecified atom stereocenters. The minimum Gasteiger partial charge on any atom is -0.456 e. The van der Waals surface area contributed by atoms with Gasteiger partial charge in [-0.1, -0.05) is 155 Å². The molecule has 1 aromatic heterocycles. The summed E-state index contributed by atoms with van der Waals surface area (Å²) in [6.45, 7) is 9.48. The molecule has 2 nitrogen and oxygen atoms in total. The van der Waals surface area contributed by atoms with Gasteiger partial charge in [-0.3, -0.25) is 0 Å². The van der Waals surface area contributed by atoms with Crippen molar-refractivity contribution in [2.45, 2.75) is 38.5 Å². The fourth-order valence-electron chi connectivity index (χ4n) is 9.84. The van der Waals surface area contributed by atoms with Crippen LogP contribution in [0.25, 0.3) is 66.4 Å². The van der Waals surface area contributed by atoms with E-state index >= 15 is 0 Å². The molecule has 0 saturated heterocycles. The molecule has 0 fully saturated rings. The molecule has 2 aliphatic rings. The van der Waals surface area contributed by atoms with E-state index in [1.807, 2.05) is 0 Å². The molecule has 0 N–H and O–H groups in total. The first kappa shape index (κ1) is 32.8.